The Morgan fingerprint density at radius 2 is 1.43 bits per heavy atom. The van der Waals surface area contributed by atoms with Gasteiger partial charge in [-0.05, 0) is 42.0 Å². The molecule has 0 bridgehead atoms. The maximum absolute atomic E-state index is 13.3. The van der Waals surface area contributed by atoms with Gasteiger partial charge in [0.05, 0.1) is 25.5 Å². The lowest BCUT2D eigenvalue weighted by Crippen LogP contribution is -2.32. The van der Waals surface area contributed by atoms with E-state index in [4.69, 9.17) is 9.47 Å². The van der Waals surface area contributed by atoms with Crippen molar-refractivity contribution in [3.63, 3.8) is 0 Å². The van der Waals surface area contributed by atoms with Gasteiger partial charge in [-0.1, -0.05) is 36.4 Å². The largest absolute Gasteiger partial charge is 0.497 e. The van der Waals surface area contributed by atoms with Crippen molar-refractivity contribution in [1.29, 1.82) is 0 Å². The number of rotatable bonds is 6. The third kappa shape index (κ3) is 3.51. The van der Waals surface area contributed by atoms with E-state index >= 15 is 0 Å². The lowest BCUT2D eigenvalue weighted by Gasteiger charge is -2.16. The first-order chi connectivity index (χ1) is 14.6. The van der Waals surface area contributed by atoms with Gasteiger partial charge < -0.3 is 14.8 Å². The number of methoxy groups -OCH3 is 2. The summed E-state index contributed by atoms with van der Waals surface area (Å²) in [6.07, 6.45) is 0. The van der Waals surface area contributed by atoms with Crippen molar-refractivity contribution < 1.29 is 19.1 Å². The van der Waals surface area contributed by atoms with Gasteiger partial charge in [-0.3, -0.25) is 9.59 Å². The van der Waals surface area contributed by atoms with Crippen molar-refractivity contribution in [3.05, 3.63) is 90.1 Å². The van der Waals surface area contributed by atoms with Crippen LogP contribution in [0.1, 0.15) is 5.56 Å². The van der Waals surface area contributed by atoms with Gasteiger partial charge in [0.1, 0.15) is 17.2 Å². The second-order valence-corrected chi connectivity index (χ2v) is 6.62. The van der Waals surface area contributed by atoms with E-state index in [2.05, 4.69) is 5.32 Å². The molecule has 3 aromatic rings. The molecule has 1 aliphatic heterocycles. The van der Waals surface area contributed by atoms with Crippen LogP contribution in [-0.2, 0) is 9.59 Å². The van der Waals surface area contributed by atoms with Crippen LogP contribution < -0.4 is 19.7 Å². The molecule has 1 heterocycles. The maximum Gasteiger partial charge on any atom is 0.282 e. The molecule has 4 rings (SSSR count). The highest BCUT2D eigenvalue weighted by atomic mass is 16.5. The molecule has 1 aliphatic rings. The predicted molar refractivity (Wildman–Crippen MR) is 115 cm³/mol. The Labute approximate surface area is 174 Å². The predicted octanol–water partition coefficient (Wildman–Crippen LogP) is 4.10. The molecule has 0 saturated carbocycles. The molecule has 0 aromatic heterocycles. The van der Waals surface area contributed by atoms with Gasteiger partial charge in [-0.2, -0.15) is 0 Å². The third-order valence-corrected chi connectivity index (χ3v) is 4.82. The minimum Gasteiger partial charge on any atom is -0.497 e. The average molecular weight is 400 g/mol. The van der Waals surface area contributed by atoms with Gasteiger partial charge >= 0.3 is 0 Å². The van der Waals surface area contributed by atoms with E-state index in [0.717, 1.165) is 0 Å². The number of hydrogen-bond acceptors (Lipinski definition) is 5. The molecule has 3 aromatic carbocycles. The molecule has 6 nitrogen and oxygen atoms in total. The van der Waals surface area contributed by atoms with E-state index in [1.165, 1.54) is 4.90 Å². The smallest absolute Gasteiger partial charge is 0.282 e. The van der Waals surface area contributed by atoms with Crippen LogP contribution in [0.2, 0.25) is 0 Å². The van der Waals surface area contributed by atoms with Crippen molar-refractivity contribution in [3.8, 4) is 11.5 Å². The van der Waals surface area contributed by atoms with E-state index < -0.39 is 5.91 Å². The van der Waals surface area contributed by atoms with E-state index in [1.54, 1.807) is 44.6 Å². The number of carbonyl (C=O) groups excluding carboxylic acids is 2. The zero-order valence-electron chi connectivity index (χ0n) is 16.6. The Balaban J connectivity index is 1.78. The first-order valence-electron chi connectivity index (χ1n) is 9.36. The number of nitrogens with one attached hydrogen (secondary N) is 1. The molecule has 1 N–H and O–H groups in total. The molecule has 6 heteroatoms. The van der Waals surface area contributed by atoms with Crippen molar-refractivity contribution in [2.75, 3.05) is 24.4 Å². The molecular weight excluding hydrogens is 380 g/mol. The highest BCUT2D eigenvalue weighted by Gasteiger charge is 2.40. The normalized spacial score (nSPS) is 13.6. The van der Waals surface area contributed by atoms with E-state index in [0.29, 0.717) is 34.0 Å². The maximum atomic E-state index is 13.3. The number of carbonyl (C=O) groups is 2. The number of hydrogen-bond donors (Lipinski definition) is 1. The summed E-state index contributed by atoms with van der Waals surface area (Å²) in [5.74, 6) is 0.475. The topological polar surface area (TPSA) is 67.9 Å². The van der Waals surface area contributed by atoms with Crippen LogP contribution in [0.3, 0.4) is 0 Å². The van der Waals surface area contributed by atoms with Crippen LogP contribution in [0.4, 0.5) is 11.4 Å². The summed E-state index contributed by atoms with van der Waals surface area (Å²) in [5, 5.41) is 3.13. The average Bonchev–Trinajstić information content (AvgIpc) is 3.04. The van der Waals surface area contributed by atoms with Crippen molar-refractivity contribution in [2.45, 2.75) is 0 Å². The summed E-state index contributed by atoms with van der Waals surface area (Å²) in [6, 6.07) is 23.1. The summed E-state index contributed by atoms with van der Waals surface area (Å²) in [7, 11) is 3.13. The minimum absolute atomic E-state index is 0.218. The fourth-order valence-electron chi connectivity index (χ4n) is 3.33. The number of anilines is 2. The van der Waals surface area contributed by atoms with Crippen molar-refractivity contribution in [1.82, 2.24) is 0 Å². The number of imide groups is 1. The Kier molecular flexibility index (Phi) is 5.22. The summed E-state index contributed by atoms with van der Waals surface area (Å²) in [4.78, 5) is 27.9. The van der Waals surface area contributed by atoms with Crippen LogP contribution in [-0.4, -0.2) is 26.0 Å². The van der Waals surface area contributed by atoms with Gasteiger partial charge in [0.25, 0.3) is 11.8 Å². The number of benzene rings is 3. The molecule has 30 heavy (non-hydrogen) atoms. The van der Waals surface area contributed by atoms with E-state index in [1.807, 2.05) is 48.5 Å². The monoisotopic (exact) mass is 400 g/mol. The first kappa shape index (κ1) is 19.3. The molecule has 0 fully saturated rings. The Morgan fingerprint density at radius 3 is 2.10 bits per heavy atom. The standard InChI is InChI=1S/C24H20N2O4/c1-29-19-13-11-18(12-14-19)26-23(27)21(16-7-4-3-5-8-16)22(24(26)28)25-17-9-6-10-20(15-17)30-2/h3-15,25H,1-2H3. The Morgan fingerprint density at radius 1 is 0.733 bits per heavy atom. The summed E-state index contributed by atoms with van der Waals surface area (Å²) in [6.45, 7) is 0. The molecule has 0 saturated heterocycles. The first-order valence-corrected chi connectivity index (χ1v) is 9.36. The molecule has 2 amide bonds. The van der Waals surface area contributed by atoms with E-state index in [-0.39, 0.29) is 11.6 Å². The Hall–Kier alpha value is -4.06. The van der Waals surface area contributed by atoms with Gasteiger partial charge in [-0.15, -0.1) is 0 Å². The fourth-order valence-corrected chi connectivity index (χ4v) is 3.33. The highest BCUT2D eigenvalue weighted by Crippen LogP contribution is 2.34. The lowest BCUT2D eigenvalue weighted by atomic mass is 10.0. The summed E-state index contributed by atoms with van der Waals surface area (Å²) < 4.78 is 10.4. The lowest BCUT2D eigenvalue weighted by molar-refractivity contribution is -0.120. The van der Waals surface area contributed by atoms with Crippen LogP contribution in [0, 0.1) is 0 Å². The van der Waals surface area contributed by atoms with E-state index in [9.17, 15) is 9.59 Å². The molecule has 0 radical (unpaired) electrons. The van der Waals surface area contributed by atoms with Crippen LogP contribution in [0.5, 0.6) is 11.5 Å². The van der Waals surface area contributed by atoms with Gasteiger partial charge in [-0.25, -0.2) is 4.90 Å². The molecule has 0 spiro atoms. The van der Waals surface area contributed by atoms with Crippen LogP contribution >= 0.6 is 0 Å². The third-order valence-electron chi connectivity index (χ3n) is 4.82. The van der Waals surface area contributed by atoms with Crippen molar-refractivity contribution >= 4 is 28.8 Å². The van der Waals surface area contributed by atoms with Crippen LogP contribution in [0.25, 0.3) is 5.57 Å². The summed E-state index contributed by atoms with van der Waals surface area (Å²) in [5.41, 5.74) is 2.32. The van der Waals surface area contributed by atoms with Gasteiger partial charge in [0, 0.05) is 11.8 Å². The highest BCUT2D eigenvalue weighted by molar-refractivity contribution is 6.46. The molecule has 0 atom stereocenters. The zero-order valence-corrected chi connectivity index (χ0v) is 16.6. The number of nitrogens with zero attached hydrogens (tertiary/aromatic N) is 1. The Bertz CT molecular complexity index is 1120. The fraction of sp³-hybridized carbons (Fsp3) is 0.0833. The quantitative estimate of drug-likeness (QED) is 0.631. The SMILES string of the molecule is COc1ccc(N2C(=O)C(Nc3cccc(OC)c3)=C(c3ccccc3)C2=O)cc1. The summed E-state index contributed by atoms with van der Waals surface area (Å²) >= 11 is 0. The second-order valence-electron chi connectivity index (χ2n) is 6.62. The molecule has 0 aliphatic carbocycles. The second kappa shape index (κ2) is 8.13. The molecular formula is C24H20N2O4. The van der Waals surface area contributed by atoms with Gasteiger partial charge in [0.2, 0.25) is 0 Å². The minimum atomic E-state index is -0.424. The molecule has 0 unspecified atom stereocenters. The zero-order chi connectivity index (χ0) is 21.1. The number of amides is 2. The number of ether oxygens (including phenoxy) is 2. The van der Waals surface area contributed by atoms with Gasteiger partial charge in [0.15, 0.2) is 0 Å². The van der Waals surface area contributed by atoms with Crippen LogP contribution in [0.15, 0.2) is 84.6 Å². The van der Waals surface area contributed by atoms with Crippen molar-refractivity contribution in [2.24, 2.45) is 0 Å². The molecule has 150 valence electrons.